The molecule has 0 rings (SSSR count). The van der Waals surface area contributed by atoms with Gasteiger partial charge < -0.3 is 35.4 Å². The van der Waals surface area contributed by atoms with Gasteiger partial charge in [-0.25, -0.2) is 4.57 Å². The molecule has 6 N–H and O–H groups in total. The van der Waals surface area contributed by atoms with Gasteiger partial charge in [-0.3, -0.25) is 23.4 Å². The van der Waals surface area contributed by atoms with Crippen LogP contribution in [0.5, 0.6) is 0 Å². The van der Waals surface area contributed by atoms with Crippen molar-refractivity contribution in [3.8, 4) is 0 Å². The van der Waals surface area contributed by atoms with Gasteiger partial charge in [0, 0.05) is 12.8 Å². The molecule has 56 heavy (non-hydrogen) atoms. The highest BCUT2D eigenvalue weighted by Crippen LogP contribution is 2.43. The Morgan fingerprint density at radius 2 is 1.18 bits per heavy atom. The van der Waals surface area contributed by atoms with Crippen molar-refractivity contribution in [1.82, 2.24) is 0 Å². The lowest BCUT2D eigenvalue weighted by atomic mass is 10.0. The molecule has 0 fully saturated rings. The molecule has 14 heteroatoms. The van der Waals surface area contributed by atoms with Gasteiger partial charge in [0.15, 0.2) is 6.10 Å². The molecule has 0 saturated heterocycles. The van der Waals surface area contributed by atoms with Crippen molar-refractivity contribution >= 4 is 25.7 Å². The molecule has 324 valence electrons. The number of unbranched alkanes of at least 4 members (excludes halogenated alkanes) is 12. The third kappa shape index (κ3) is 34.6. The molecule has 0 aliphatic heterocycles. The largest absolute Gasteiger partial charge is 0.480 e. The van der Waals surface area contributed by atoms with Crippen molar-refractivity contribution in [1.29, 1.82) is 0 Å². The molecular weight excluding hydrogens is 741 g/mol. The maximum atomic E-state index is 12.6. The minimum absolute atomic E-state index is 0.108. The molecule has 0 bridgehead atoms. The van der Waals surface area contributed by atoms with E-state index in [1.165, 1.54) is 6.42 Å². The summed E-state index contributed by atoms with van der Waals surface area (Å²) < 4.78 is 32.5. The van der Waals surface area contributed by atoms with E-state index in [1.807, 2.05) is 6.08 Å². The van der Waals surface area contributed by atoms with Gasteiger partial charge in [-0.2, -0.15) is 0 Å². The summed E-state index contributed by atoms with van der Waals surface area (Å²) in [6.45, 7) is 2.44. The Hall–Kier alpha value is -2.64. The van der Waals surface area contributed by atoms with Crippen LogP contribution in [0.3, 0.4) is 0 Å². The number of rotatable bonds is 38. The third-order valence-electron chi connectivity index (χ3n) is 8.76. The quantitative estimate of drug-likeness (QED) is 0.0171. The average molecular weight is 816 g/mol. The van der Waals surface area contributed by atoms with E-state index < -0.39 is 69.9 Å². The number of carboxylic acid groups (broad SMARTS) is 1. The summed E-state index contributed by atoms with van der Waals surface area (Å²) in [7, 11) is -4.76. The summed E-state index contributed by atoms with van der Waals surface area (Å²) in [6.07, 6.45) is 32.0. The lowest BCUT2D eigenvalue weighted by Gasteiger charge is -2.20. The highest BCUT2D eigenvalue weighted by atomic mass is 31.2. The fourth-order valence-electron chi connectivity index (χ4n) is 5.34. The second-order valence-corrected chi connectivity index (χ2v) is 15.5. The molecule has 0 amide bonds. The number of hydrogen-bond donors (Lipinski definition) is 5. The Labute approximate surface area is 336 Å². The molecular formula is C42H74NO12P. The molecule has 0 aromatic rings. The number of ether oxygens (including phenoxy) is 2. The van der Waals surface area contributed by atoms with Crippen LogP contribution in [-0.2, 0) is 37.5 Å². The molecule has 1 unspecified atom stereocenters. The average Bonchev–Trinajstić information content (AvgIpc) is 3.17. The number of hydrogen-bond acceptors (Lipinski definition) is 11. The van der Waals surface area contributed by atoms with Gasteiger partial charge in [0.1, 0.15) is 12.6 Å². The van der Waals surface area contributed by atoms with Crippen LogP contribution in [0.25, 0.3) is 0 Å². The molecule has 0 heterocycles. The van der Waals surface area contributed by atoms with E-state index in [1.54, 1.807) is 0 Å². The molecule has 0 aliphatic rings. The van der Waals surface area contributed by atoms with Gasteiger partial charge in [-0.15, -0.1) is 0 Å². The number of aliphatic hydroxyl groups is 2. The van der Waals surface area contributed by atoms with Gasteiger partial charge in [-0.05, 0) is 70.6 Å². The zero-order chi connectivity index (χ0) is 41.7. The van der Waals surface area contributed by atoms with Gasteiger partial charge in [-0.1, -0.05) is 120 Å². The molecule has 5 atom stereocenters. The van der Waals surface area contributed by atoms with Crippen molar-refractivity contribution in [2.45, 2.75) is 179 Å². The van der Waals surface area contributed by atoms with E-state index in [2.05, 4.69) is 60.9 Å². The van der Waals surface area contributed by atoms with Crippen molar-refractivity contribution < 1.29 is 57.7 Å². The van der Waals surface area contributed by atoms with Crippen LogP contribution in [0.1, 0.15) is 155 Å². The number of phosphoric ester groups is 1. The van der Waals surface area contributed by atoms with Crippen molar-refractivity contribution in [2.75, 3.05) is 19.8 Å². The van der Waals surface area contributed by atoms with E-state index in [9.17, 15) is 34.1 Å². The standard InChI is InChI=1S/C42H74NO12P/c1-3-5-7-9-11-12-13-14-15-16-17-18-19-23-28-32-41(47)55-36(34-53-56(50,51)54-35-37(43)42(48)49)33-52-40(46)31-27-24-20-22-26-30-39(45)38(44)29-25-21-10-8-6-4-2/h5,7,11-12,14-15,21,25,36-39,44-45H,3-4,6,8-10,13,16-20,22-24,26-35,43H2,1-2H3,(H,48,49)(H,50,51)/b7-5-,12-11-,15-14-,25-21-/t36-,37+,38-,39-/m1/s1. The van der Waals surface area contributed by atoms with Gasteiger partial charge >= 0.3 is 25.7 Å². The first-order chi connectivity index (χ1) is 26.9. The number of allylic oxidation sites excluding steroid dienone is 7. The van der Waals surface area contributed by atoms with Crippen LogP contribution in [0.15, 0.2) is 48.6 Å². The summed E-state index contributed by atoms with van der Waals surface area (Å²) >= 11 is 0. The Morgan fingerprint density at radius 3 is 1.82 bits per heavy atom. The maximum Gasteiger partial charge on any atom is 0.472 e. The Kier molecular flexibility index (Phi) is 35.0. The fraction of sp³-hybridized carbons (Fsp3) is 0.738. The topological polar surface area (TPSA) is 212 Å². The Morgan fingerprint density at radius 1 is 0.643 bits per heavy atom. The van der Waals surface area contributed by atoms with E-state index in [0.717, 1.165) is 96.3 Å². The molecule has 0 radical (unpaired) electrons. The molecule has 0 saturated carbocycles. The second kappa shape index (κ2) is 36.7. The van der Waals surface area contributed by atoms with E-state index in [-0.39, 0.29) is 12.8 Å². The summed E-state index contributed by atoms with van der Waals surface area (Å²) in [5.41, 5.74) is 5.31. The van der Waals surface area contributed by atoms with E-state index in [0.29, 0.717) is 25.7 Å². The smallest absolute Gasteiger partial charge is 0.472 e. The predicted molar refractivity (Wildman–Crippen MR) is 220 cm³/mol. The van der Waals surface area contributed by atoms with E-state index >= 15 is 0 Å². The number of carbonyl (C=O) groups is 3. The first-order valence-electron chi connectivity index (χ1n) is 20.8. The minimum Gasteiger partial charge on any atom is -0.480 e. The number of carboxylic acids is 1. The molecule has 0 aromatic carbocycles. The summed E-state index contributed by atoms with van der Waals surface area (Å²) in [5, 5.41) is 29.3. The summed E-state index contributed by atoms with van der Waals surface area (Å²) in [6, 6.07) is -1.55. The Bertz CT molecular complexity index is 1170. The molecule has 13 nitrogen and oxygen atoms in total. The number of aliphatic hydroxyl groups excluding tert-OH is 2. The van der Waals surface area contributed by atoms with E-state index in [4.69, 9.17) is 24.8 Å². The summed E-state index contributed by atoms with van der Waals surface area (Å²) in [5.74, 6) is -2.54. The van der Waals surface area contributed by atoms with Crippen LogP contribution in [0, 0.1) is 0 Å². The molecule has 0 aliphatic carbocycles. The van der Waals surface area contributed by atoms with Gasteiger partial charge in [0.05, 0.1) is 25.4 Å². The minimum atomic E-state index is -4.76. The number of carbonyl (C=O) groups excluding carboxylic acids is 2. The number of phosphoric acid groups is 1. The fourth-order valence-corrected chi connectivity index (χ4v) is 6.11. The van der Waals surface area contributed by atoms with Crippen LogP contribution in [-0.4, -0.2) is 82.3 Å². The number of nitrogens with two attached hydrogens (primary N) is 1. The Balaban J connectivity index is 4.54. The first kappa shape index (κ1) is 53.4. The van der Waals surface area contributed by atoms with Crippen LogP contribution in [0.2, 0.25) is 0 Å². The second-order valence-electron chi connectivity index (χ2n) is 14.0. The zero-order valence-electron chi connectivity index (χ0n) is 34.2. The SMILES string of the molecule is CC/C=C\C/C=C\C/C=C\CCCCCCCC(=O)O[C@H](COC(=O)CCCCCCC[C@@H](O)[C@H](O)C/C=C\CCCCC)COP(=O)(O)OC[C@H](N)C(=O)O. The predicted octanol–water partition coefficient (Wildman–Crippen LogP) is 8.56. The monoisotopic (exact) mass is 815 g/mol. The molecule has 0 aromatic heterocycles. The van der Waals surface area contributed by atoms with Gasteiger partial charge in [0.2, 0.25) is 0 Å². The van der Waals surface area contributed by atoms with Crippen molar-refractivity contribution in [3.05, 3.63) is 48.6 Å². The zero-order valence-corrected chi connectivity index (χ0v) is 35.1. The normalized spacial score (nSPS) is 15.4. The van der Waals surface area contributed by atoms with Crippen molar-refractivity contribution in [2.24, 2.45) is 5.73 Å². The lowest BCUT2D eigenvalue weighted by Crippen LogP contribution is -2.34. The first-order valence-corrected chi connectivity index (χ1v) is 22.3. The van der Waals surface area contributed by atoms with Crippen LogP contribution in [0.4, 0.5) is 0 Å². The van der Waals surface area contributed by atoms with Gasteiger partial charge in [0.25, 0.3) is 0 Å². The highest BCUT2D eigenvalue weighted by molar-refractivity contribution is 7.47. The third-order valence-corrected chi connectivity index (χ3v) is 9.71. The summed E-state index contributed by atoms with van der Waals surface area (Å²) in [4.78, 5) is 45.9. The number of esters is 2. The lowest BCUT2D eigenvalue weighted by molar-refractivity contribution is -0.161. The highest BCUT2D eigenvalue weighted by Gasteiger charge is 2.28. The van der Waals surface area contributed by atoms with Crippen molar-refractivity contribution in [3.63, 3.8) is 0 Å². The van der Waals surface area contributed by atoms with Crippen LogP contribution >= 0.6 is 7.82 Å². The molecule has 0 spiro atoms. The maximum absolute atomic E-state index is 12.6. The van der Waals surface area contributed by atoms with Crippen LogP contribution < -0.4 is 5.73 Å². The number of aliphatic carboxylic acids is 1.